The summed E-state index contributed by atoms with van der Waals surface area (Å²) in [6, 6.07) is 41.4. The summed E-state index contributed by atoms with van der Waals surface area (Å²) >= 11 is 0. The maximum atomic E-state index is 8.96. The van der Waals surface area contributed by atoms with E-state index in [0.717, 1.165) is 65.4 Å². The van der Waals surface area contributed by atoms with Crippen molar-refractivity contribution in [3.05, 3.63) is 133 Å². The molecule has 0 radical (unpaired) electrons. The van der Waals surface area contributed by atoms with E-state index in [4.69, 9.17) is 12.7 Å². The highest BCUT2D eigenvalue weighted by atomic mass is 15.1. The van der Waals surface area contributed by atoms with Crippen molar-refractivity contribution in [3.63, 3.8) is 0 Å². The third kappa shape index (κ3) is 2.90. The van der Waals surface area contributed by atoms with Crippen LogP contribution in [0.1, 0.15) is 2.74 Å². The summed E-state index contributed by atoms with van der Waals surface area (Å²) in [5, 5.41) is 6.28. The van der Waals surface area contributed by atoms with Crippen molar-refractivity contribution in [3.8, 4) is 11.6 Å². The lowest BCUT2D eigenvalue weighted by Crippen LogP contribution is -1.98. The predicted molar refractivity (Wildman–Crippen MR) is 166 cm³/mol. The molecule has 0 amide bonds. The second-order valence-corrected chi connectivity index (χ2v) is 10.1. The van der Waals surface area contributed by atoms with Crippen LogP contribution in [0, 0.1) is 0 Å². The summed E-state index contributed by atoms with van der Waals surface area (Å²) in [5.41, 5.74) is 5.69. The molecule has 0 bridgehead atoms. The Morgan fingerprint density at radius 3 is 1.35 bits per heavy atom. The van der Waals surface area contributed by atoms with E-state index in [1.54, 1.807) is 0 Å². The van der Waals surface area contributed by atoms with Crippen molar-refractivity contribution < 1.29 is 2.74 Å². The molecular formula is C36H22N4. The first-order valence-corrected chi connectivity index (χ1v) is 13.4. The zero-order valence-electron chi connectivity index (χ0n) is 23.3. The molecule has 4 heterocycles. The van der Waals surface area contributed by atoms with Gasteiger partial charge < -0.3 is 0 Å². The van der Waals surface area contributed by atoms with Crippen LogP contribution in [0.15, 0.2) is 133 Å². The fraction of sp³-hybridized carbons (Fsp3) is 0. The van der Waals surface area contributed by atoms with Gasteiger partial charge in [-0.05, 0) is 60.6 Å². The molecule has 4 aromatic heterocycles. The van der Waals surface area contributed by atoms with Gasteiger partial charge in [0, 0.05) is 32.3 Å². The third-order valence-corrected chi connectivity index (χ3v) is 7.94. The molecule has 0 atom stereocenters. The normalized spacial score (nSPS) is 12.7. The van der Waals surface area contributed by atoms with Crippen molar-refractivity contribution in [2.24, 2.45) is 0 Å². The van der Waals surface area contributed by atoms with Crippen molar-refractivity contribution in [1.82, 2.24) is 19.1 Å². The van der Waals surface area contributed by atoms with E-state index in [1.807, 2.05) is 72.8 Å². The number of aromatic nitrogens is 4. The van der Waals surface area contributed by atoms with Gasteiger partial charge in [-0.1, -0.05) is 72.8 Å². The minimum absolute atomic E-state index is 0.373. The summed E-state index contributed by atoms with van der Waals surface area (Å²) in [6.45, 7) is 0. The number of pyridine rings is 2. The van der Waals surface area contributed by atoms with Gasteiger partial charge in [-0.25, -0.2) is 9.97 Å². The monoisotopic (exact) mass is 512 g/mol. The summed E-state index contributed by atoms with van der Waals surface area (Å²) in [5.74, 6) is 1.21. The first kappa shape index (κ1) is 19.6. The number of hydrogen-bond acceptors (Lipinski definition) is 2. The molecule has 0 fully saturated rings. The molecule has 9 rings (SSSR count). The standard InChI is InChI=1S/C36H22N4/c1-5-13-27-23(9-1)17-21-33(37-27)39-29-15-7-3-11-25(29)35-31(39)19-20-32-36(35)26-12-4-8-16-30(26)40(32)34-22-18-24-10-2-6-14-28(24)38-34/h1-22H/i21D,22D. The van der Waals surface area contributed by atoms with Crippen molar-refractivity contribution in [2.45, 2.75) is 0 Å². The fourth-order valence-corrected chi connectivity index (χ4v) is 6.20. The smallest absolute Gasteiger partial charge is 0.138 e. The van der Waals surface area contributed by atoms with Gasteiger partial charge in [-0.15, -0.1) is 0 Å². The molecule has 0 saturated carbocycles. The van der Waals surface area contributed by atoms with Crippen molar-refractivity contribution in [2.75, 3.05) is 0 Å². The molecular weight excluding hydrogens is 488 g/mol. The van der Waals surface area contributed by atoms with Crippen LogP contribution in [0.4, 0.5) is 0 Å². The molecule has 0 unspecified atom stereocenters. The highest BCUT2D eigenvalue weighted by Gasteiger charge is 2.21. The Balaban J connectivity index is 1.45. The van der Waals surface area contributed by atoms with Gasteiger partial charge in [0.2, 0.25) is 0 Å². The Bertz CT molecular complexity index is 2380. The van der Waals surface area contributed by atoms with E-state index in [9.17, 15) is 0 Å². The first-order valence-electron chi connectivity index (χ1n) is 14.4. The maximum Gasteiger partial charge on any atom is 0.138 e. The average molecular weight is 513 g/mol. The fourth-order valence-electron chi connectivity index (χ4n) is 6.20. The van der Waals surface area contributed by atoms with E-state index < -0.39 is 0 Å². The number of rotatable bonds is 2. The summed E-state index contributed by atoms with van der Waals surface area (Å²) in [6.07, 6.45) is 0. The van der Waals surface area contributed by atoms with Gasteiger partial charge in [0.15, 0.2) is 0 Å². The molecule has 0 aliphatic rings. The van der Waals surface area contributed by atoms with E-state index in [0.29, 0.717) is 23.7 Å². The van der Waals surface area contributed by atoms with E-state index in [2.05, 4.69) is 57.7 Å². The number of benzene rings is 5. The van der Waals surface area contributed by atoms with Gasteiger partial charge in [0.1, 0.15) is 11.6 Å². The highest BCUT2D eigenvalue weighted by Crippen LogP contribution is 2.42. The van der Waals surface area contributed by atoms with Gasteiger partial charge in [-0.2, -0.15) is 0 Å². The Hall–Kier alpha value is -5.48. The molecule has 0 aliphatic carbocycles. The quantitative estimate of drug-likeness (QED) is 0.232. The lowest BCUT2D eigenvalue weighted by atomic mass is 10.1. The number of hydrogen-bond donors (Lipinski definition) is 0. The zero-order valence-corrected chi connectivity index (χ0v) is 21.3. The van der Waals surface area contributed by atoms with Gasteiger partial charge in [0.05, 0.1) is 35.8 Å². The lowest BCUT2D eigenvalue weighted by Gasteiger charge is -2.09. The minimum Gasteiger partial charge on any atom is -0.294 e. The van der Waals surface area contributed by atoms with Crippen LogP contribution in [0.3, 0.4) is 0 Å². The molecule has 4 nitrogen and oxygen atoms in total. The largest absolute Gasteiger partial charge is 0.294 e. The molecule has 4 heteroatoms. The second kappa shape index (κ2) is 8.01. The number of para-hydroxylation sites is 4. The Labute approximate surface area is 232 Å². The SMILES string of the molecule is [2H]c1cc2ccccc2nc1-n1c2ccccc2c2c3c4ccccc4n(-c4nc5ccccc5cc4[2H])c3ccc21. The van der Waals surface area contributed by atoms with Crippen LogP contribution >= 0.6 is 0 Å². The topological polar surface area (TPSA) is 35.6 Å². The molecule has 9 aromatic rings. The second-order valence-electron chi connectivity index (χ2n) is 10.1. The molecule has 186 valence electrons. The molecule has 40 heavy (non-hydrogen) atoms. The highest BCUT2D eigenvalue weighted by molar-refractivity contribution is 6.28. The van der Waals surface area contributed by atoms with Crippen LogP contribution in [0.5, 0.6) is 0 Å². The van der Waals surface area contributed by atoms with Gasteiger partial charge in [-0.3, -0.25) is 9.13 Å². The molecule has 0 N–H and O–H groups in total. The van der Waals surface area contributed by atoms with E-state index >= 15 is 0 Å². The average Bonchev–Trinajstić information content (AvgIpc) is 3.53. The lowest BCUT2D eigenvalue weighted by molar-refractivity contribution is 1.10. The number of nitrogens with zero attached hydrogens (tertiary/aromatic N) is 4. The molecule has 0 spiro atoms. The Morgan fingerprint density at radius 1 is 0.425 bits per heavy atom. The van der Waals surface area contributed by atoms with Crippen molar-refractivity contribution in [1.29, 1.82) is 0 Å². The maximum absolute atomic E-state index is 8.96. The molecule has 5 aromatic carbocycles. The Morgan fingerprint density at radius 2 is 0.850 bits per heavy atom. The Kier molecular flexibility index (Phi) is 3.92. The van der Waals surface area contributed by atoms with Crippen molar-refractivity contribution >= 4 is 65.4 Å². The minimum atomic E-state index is 0.373. The summed E-state index contributed by atoms with van der Waals surface area (Å²) < 4.78 is 22.2. The van der Waals surface area contributed by atoms with Crippen LogP contribution in [-0.4, -0.2) is 19.1 Å². The summed E-state index contributed by atoms with van der Waals surface area (Å²) in [4.78, 5) is 9.98. The van der Waals surface area contributed by atoms with Gasteiger partial charge >= 0.3 is 0 Å². The van der Waals surface area contributed by atoms with E-state index in [1.165, 1.54) is 0 Å². The number of fused-ring (bicyclic) bond motifs is 9. The molecule has 0 aliphatic heterocycles. The first-order chi connectivity index (χ1) is 20.7. The third-order valence-electron chi connectivity index (χ3n) is 7.94. The molecule has 0 saturated heterocycles. The van der Waals surface area contributed by atoms with Crippen LogP contribution in [0.2, 0.25) is 0 Å². The van der Waals surface area contributed by atoms with E-state index in [-0.39, 0.29) is 0 Å². The van der Waals surface area contributed by atoms with Crippen LogP contribution in [0.25, 0.3) is 77.1 Å². The van der Waals surface area contributed by atoms with Crippen LogP contribution in [-0.2, 0) is 0 Å². The van der Waals surface area contributed by atoms with Crippen LogP contribution < -0.4 is 0 Å². The predicted octanol–water partition coefficient (Wildman–Crippen LogP) is 8.98. The zero-order chi connectivity index (χ0) is 27.9. The summed E-state index contributed by atoms with van der Waals surface area (Å²) in [7, 11) is 0. The van der Waals surface area contributed by atoms with Gasteiger partial charge in [0.25, 0.3) is 0 Å².